The third-order valence-corrected chi connectivity index (χ3v) is 4.12. The normalized spacial score (nSPS) is 17.8. The predicted molar refractivity (Wildman–Crippen MR) is 88.6 cm³/mol. The number of amides is 1. The molecule has 1 N–H and O–H groups in total. The Bertz CT molecular complexity index is 702. The smallest absolute Gasteiger partial charge is 0.256 e. The highest BCUT2D eigenvalue weighted by molar-refractivity contribution is 5.94. The maximum atomic E-state index is 13.0. The number of carbonyl (C=O) groups excluding carboxylic acids is 1. The fourth-order valence-electron chi connectivity index (χ4n) is 3.00. The molecule has 3 rings (SSSR count). The highest BCUT2D eigenvalue weighted by Gasteiger charge is 2.30. The molecule has 1 unspecified atom stereocenters. The van der Waals surface area contributed by atoms with E-state index >= 15 is 0 Å². The molecule has 0 saturated carbocycles. The minimum atomic E-state index is -0.0482. The first kappa shape index (κ1) is 15.5. The number of benzene rings is 1. The molecule has 0 radical (unpaired) electrons. The summed E-state index contributed by atoms with van der Waals surface area (Å²) in [5, 5.41) is 3.37. The Morgan fingerprint density at radius 1 is 1.35 bits per heavy atom. The van der Waals surface area contributed by atoms with Gasteiger partial charge in [-0.25, -0.2) is 0 Å². The molecule has 1 aliphatic rings. The van der Waals surface area contributed by atoms with Crippen LogP contribution in [0.2, 0.25) is 0 Å². The fraction of sp³-hybridized carbons (Fsp3) is 0.333. The van der Waals surface area contributed by atoms with Crippen LogP contribution in [0.25, 0.3) is 0 Å². The first-order valence-electron chi connectivity index (χ1n) is 7.77. The van der Waals surface area contributed by atoms with Crippen molar-refractivity contribution in [3.05, 3.63) is 59.4 Å². The summed E-state index contributed by atoms with van der Waals surface area (Å²) >= 11 is 0. The van der Waals surface area contributed by atoms with E-state index in [1.165, 1.54) is 0 Å². The van der Waals surface area contributed by atoms with Gasteiger partial charge < -0.3 is 15.0 Å². The van der Waals surface area contributed by atoms with Gasteiger partial charge in [0.25, 0.3) is 5.91 Å². The van der Waals surface area contributed by atoms with Crippen LogP contribution in [0.5, 0.6) is 5.75 Å². The van der Waals surface area contributed by atoms with Crippen molar-refractivity contribution in [1.82, 2.24) is 15.2 Å². The van der Waals surface area contributed by atoms with Crippen molar-refractivity contribution in [2.45, 2.75) is 13.0 Å². The van der Waals surface area contributed by atoms with Gasteiger partial charge in [0.15, 0.2) is 0 Å². The molecule has 1 atom stereocenters. The summed E-state index contributed by atoms with van der Waals surface area (Å²) in [6, 6.07) is 9.70. The van der Waals surface area contributed by atoms with Gasteiger partial charge >= 0.3 is 0 Å². The zero-order valence-corrected chi connectivity index (χ0v) is 13.5. The maximum absolute atomic E-state index is 13.0. The van der Waals surface area contributed by atoms with Crippen molar-refractivity contribution in [3.63, 3.8) is 0 Å². The van der Waals surface area contributed by atoms with E-state index in [0.29, 0.717) is 18.7 Å². The van der Waals surface area contributed by atoms with E-state index in [1.54, 1.807) is 19.5 Å². The van der Waals surface area contributed by atoms with Crippen molar-refractivity contribution < 1.29 is 9.53 Å². The second-order valence-corrected chi connectivity index (χ2v) is 5.71. The highest BCUT2D eigenvalue weighted by atomic mass is 16.5. The van der Waals surface area contributed by atoms with Gasteiger partial charge in [-0.1, -0.05) is 18.2 Å². The molecule has 1 fully saturated rings. The molecule has 2 heterocycles. The molecule has 120 valence electrons. The van der Waals surface area contributed by atoms with Gasteiger partial charge in [0.1, 0.15) is 5.75 Å². The Kier molecular flexibility index (Phi) is 4.57. The Labute approximate surface area is 136 Å². The summed E-state index contributed by atoms with van der Waals surface area (Å²) in [7, 11) is 1.66. The van der Waals surface area contributed by atoms with Crippen LogP contribution >= 0.6 is 0 Å². The maximum Gasteiger partial charge on any atom is 0.256 e. The first-order valence-corrected chi connectivity index (χ1v) is 7.77. The number of para-hydroxylation sites is 1. The van der Waals surface area contributed by atoms with Crippen LogP contribution in [0, 0.1) is 6.92 Å². The van der Waals surface area contributed by atoms with Crippen LogP contribution in [0.1, 0.15) is 27.5 Å². The van der Waals surface area contributed by atoms with Gasteiger partial charge in [-0.2, -0.15) is 0 Å². The lowest BCUT2D eigenvalue weighted by Crippen LogP contribution is -2.48. The Hall–Kier alpha value is -2.40. The SMILES string of the molecule is COc1ccccc1C1CNCCN1C(=O)c1cncc(C)c1. The summed E-state index contributed by atoms with van der Waals surface area (Å²) in [6.07, 6.45) is 3.39. The quantitative estimate of drug-likeness (QED) is 0.944. The average Bonchev–Trinajstić information content (AvgIpc) is 2.61. The van der Waals surface area contributed by atoms with E-state index in [9.17, 15) is 4.79 Å². The zero-order valence-electron chi connectivity index (χ0n) is 13.5. The van der Waals surface area contributed by atoms with Crippen LogP contribution in [0.15, 0.2) is 42.7 Å². The van der Waals surface area contributed by atoms with Gasteiger partial charge in [0.05, 0.1) is 18.7 Å². The van der Waals surface area contributed by atoms with E-state index in [1.807, 2.05) is 42.2 Å². The number of piperazine rings is 1. The van der Waals surface area contributed by atoms with Gasteiger partial charge in [0, 0.05) is 37.6 Å². The summed E-state index contributed by atoms with van der Waals surface area (Å²) in [5.41, 5.74) is 2.64. The molecule has 0 aliphatic carbocycles. The number of ether oxygens (including phenoxy) is 1. The van der Waals surface area contributed by atoms with Crippen LogP contribution < -0.4 is 10.1 Å². The second kappa shape index (κ2) is 6.79. The number of nitrogens with one attached hydrogen (secondary N) is 1. The van der Waals surface area contributed by atoms with Gasteiger partial charge in [-0.3, -0.25) is 9.78 Å². The van der Waals surface area contributed by atoms with Crippen LogP contribution in [-0.2, 0) is 0 Å². The molecular weight excluding hydrogens is 290 g/mol. The molecule has 1 aromatic carbocycles. The zero-order chi connectivity index (χ0) is 16.2. The number of aromatic nitrogens is 1. The Balaban J connectivity index is 1.94. The predicted octanol–water partition coefficient (Wildman–Crippen LogP) is 2.19. The third kappa shape index (κ3) is 3.19. The van der Waals surface area contributed by atoms with Crippen molar-refractivity contribution >= 4 is 5.91 Å². The molecule has 1 aromatic heterocycles. The molecule has 0 spiro atoms. The lowest BCUT2D eigenvalue weighted by Gasteiger charge is -2.37. The number of methoxy groups -OCH3 is 1. The van der Waals surface area contributed by atoms with Crippen molar-refractivity contribution in [3.8, 4) is 5.75 Å². The molecule has 1 aliphatic heterocycles. The standard InChI is InChI=1S/C18H21N3O2/c1-13-9-14(11-20-10-13)18(22)21-8-7-19-12-16(21)15-5-3-4-6-17(15)23-2/h3-6,9-11,16,19H,7-8,12H2,1-2H3. The van der Waals surface area contributed by atoms with Crippen LogP contribution in [0.4, 0.5) is 0 Å². The number of hydrogen-bond acceptors (Lipinski definition) is 4. The Morgan fingerprint density at radius 3 is 2.96 bits per heavy atom. The molecule has 2 aromatic rings. The minimum absolute atomic E-state index is 0.0126. The van der Waals surface area contributed by atoms with Crippen molar-refractivity contribution in [2.75, 3.05) is 26.7 Å². The lowest BCUT2D eigenvalue weighted by atomic mass is 10.0. The van der Waals surface area contributed by atoms with Gasteiger partial charge in [-0.05, 0) is 24.6 Å². The van der Waals surface area contributed by atoms with Crippen LogP contribution in [-0.4, -0.2) is 42.5 Å². The molecular formula is C18H21N3O2. The van der Waals surface area contributed by atoms with Crippen LogP contribution in [0.3, 0.4) is 0 Å². The highest BCUT2D eigenvalue weighted by Crippen LogP contribution is 2.31. The summed E-state index contributed by atoms with van der Waals surface area (Å²) < 4.78 is 5.47. The number of carbonyl (C=O) groups is 1. The van der Waals surface area contributed by atoms with E-state index in [0.717, 1.165) is 23.4 Å². The first-order chi connectivity index (χ1) is 11.2. The van der Waals surface area contributed by atoms with E-state index in [2.05, 4.69) is 10.3 Å². The summed E-state index contributed by atoms with van der Waals surface area (Å²) in [4.78, 5) is 19.0. The second-order valence-electron chi connectivity index (χ2n) is 5.71. The fourth-order valence-corrected chi connectivity index (χ4v) is 3.00. The molecule has 5 heteroatoms. The Morgan fingerprint density at radius 2 is 2.17 bits per heavy atom. The average molecular weight is 311 g/mol. The van der Waals surface area contributed by atoms with Gasteiger partial charge in [-0.15, -0.1) is 0 Å². The number of aryl methyl sites for hydroxylation is 1. The van der Waals surface area contributed by atoms with Gasteiger partial charge in [0.2, 0.25) is 0 Å². The number of pyridine rings is 1. The molecule has 0 bridgehead atoms. The molecule has 5 nitrogen and oxygen atoms in total. The largest absolute Gasteiger partial charge is 0.496 e. The molecule has 23 heavy (non-hydrogen) atoms. The summed E-state index contributed by atoms with van der Waals surface area (Å²) in [6.45, 7) is 4.11. The number of hydrogen-bond donors (Lipinski definition) is 1. The minimum Gasteiger partial charge on any atom is -0.496 e. The third-order valence-electron chi connectivity index (χ3n) is 4.12. The topological polar surface area (TPSA) is 54.5 Å². The molecule has 1 amide bonds. The van der Waals surface area contributed by atoms with E-state index in [4.69, 9.17) is 4.74 Å². The number of nitrogens with zero attached hydrogens (tertiary/aromatic N) is 2. The lowest BCUT2D eigenvalue weighted by molar-refractivity contribution is 0.0631. The monoisotopic (exact) mass is 311 g/mol. The van der Waals surface area contributed by atoms with E-state index in [-0.39, 0.29) is 11.9 Å². The number of rotatable bonds is 3. The van der Waals surface area contributed by atoms with E-state index < -0.39 is 0 Å². The van der Waals surface area contributed by atoms with Crippen molar-refractivity contribution in [2.24, 2.45) is 0 Å². The van der Waals surface area contributed by atoms with Crippen molar-refractivity contribution in [1.29, 1.82) is 0 Å². The summed E-state index contributed by atoms with van der Waals surface area (Å²) in [5.74, 6) is 0.819. The molecule has 1 saturated heterocycles.